The fourth-order valence-electron chi connectivity index (χ4n) is 5.57. The summed E-state index contributed by atoms with van der Waals surface area (Å²) in [5, 5.41) is 7.27. The molecule has 0 radical (unpaired) electrons. The lowest BCUT2D eigenvalue weighted by molar-refractivity contribution is -0.117. The highest BCUT2D eigenvalue weighted by atomic mass is 16.5. The Labute approximate surface area is 211 Å². The Kier molecular flexibility index (Phi) is 7.09. The van der Waals surface area contributed by atoms with Crippen molar-refractivity contribution in [3.8, 4) is 0 Å². The van der Waals surface area contributed by atoms with Gasteiger partial charge in [0, 0.05) is 52.6 Å². The smallest absolute Gasteiger partial charge is 0.255 e. The van der Waals surface area contributed by atoms with Crippen LogP contribution in [-0.4, -0.2) is 56.2 Å². The van der Waals surface area contributed by atoms with Crippen molar-refractivity contribution in [2.24, 2.45) is 20.0 Å². The van der Waals surface area contributed by atoms with Crippen LogP contribution in [0, 0.1) is 5.92 Å². The Morgan fingerprint density at radius 1 is 1.17 bits per heavy atom. The van der Waals surface area contributed by atoms with Crippen LogP contribution in [0.2, 0.25) is 0 Å². The number of imidazole rings is 1. The van der Waals surface area contributed by atoms with Gasteiger partial charge < -0.3 is 19.5 Å². The Balaban J connectivity index is 1.43. The first kappa shape index (κ1) is 24.5. The maximum absolute atomic E-state index is 13.7. The molecule has 36 heavy (non-hydrogen) atoms. The maximum Gasteiger partial charge on any atom is 0.255 e. The van der Waals surface area contributed by atoms with E-state index in [2.05, 4.69) is 10.4 Å². The summed E-state index contributed by atoms with van der Waals surface area (Å²) in [7, 11) is 5.64. The van der Waals surface area contributed by atoms with Gasteiger partial charge in [0.1, 0.15) is 11.9 Å². The first-order chi connectivity index (χ1) is 17.4. The van der Waals surface area contributed by atoms with Crippen LogP contribution in [0.5, 0.6) is 0 Å². The standard InChI is InChI=1S/C27H36N6O3/c1-31(11-10-19-16-28-32(2)17-19)27(35)21-14-20(29-24(34)13-18-7-4-5-8-18)15-22-25(21)33(3)26(30-22)23-9-6-12-36-23/h14-18,23H,4-13H2,1-3H3,(H,29,34)/t23-/m1/s1. The molecule has 0 spiro atoms. The number of carbonyl (C=O) groups excluding carboxylic acids is 2. The summed E-state index contributed by atoms with van der Waals surface area (Å²) >= 11 is 0. The van der Waals surface area contributed by atoms with Crippen molar-refractivity contribution in [1.29, 1.82) is 0 Å². The molecule has 3 aromatic rings. The minimum atomic E-state index is -0.0994. The van der Waals surface area contributed by atoms with E-state index in [1.165, 1.54) is 12.8 Å². The van der Waals surface area contributed by atoms with Crippen molar-refractivity contribution in [3.63, 3.8) is 0 Å². The van der Waals surface area contributed by atoms with Crippen molar-refractivity contribution in [2.75, 3.05) is 25.5 Å². The van der Waals surface area contributed by atoms with E-state index in [1.807, 2.05) is 44.2 Å². The largest absolute Gasteiger partial charge is 0.370 e. The quantitative estimate of drug-likeness (QED) is 0.513. The van der Waals surface area contributed by atoms with Crippen LogP contribution in [-0.2, 0) is 30.0 Å². The third-order valence-electron chi connectivity index (χ3n) is 7.53. The molecule has 9 nitrogen and oxygen atoms in total. The van der Waals surface area contributed by atoms with Crippen LogP contribution >= 0.6 is 0 Å². The highest BCUT2D eigenvalue weighted by Gasteiger charge is 2.27. The number of benzene rings is 1. The molecule has 0 unspecified atom stereocenters. The van der Waals surface area contributed by atoms with Gasteiger partial charge in [0.15, 0.2) is 0 Å². The van der Waals surface area contributed by atoms with Crippen LogP contribution in [0.25, 0.3) is 11.0 Å². The second kappa shape index (κ2) is 10.4. The summed E-state index contributed by atoms with van der Waals surface area (Å²) in [5.74, 6) is 1.18. The summed E-state index contributed by atoms with van der Waals surface area (Å²) in [5.41, 5.74) is 3.71. The van der Waals surface area contributed by atoms with Gasteiger partial charge in [-0.3, -0.25) is 14.3 Å². The molecular formula is C27H36N6O3. The van der Waals surface area contributed by atoms with Crippen LogP contribution in [0.4, 0.5) is 5.69 Å². The summed E-state index contributed by atoms with van der Waals surface area (Å²) in [6.45, 7) is 1.28. The van der Waals surface area contributed by atoms with Crippen molar-refractivity contribution in [3.05, 3.63) is 41.5 Å². The number of hydrogen-bond acceptors (Lipinski definition) is 5. The molecule has 1 atom stereocenters. The van der Waals surface area contributed by atoms with Gasteiger partial charge in [-0.25, -0.2) is 4.98 Å². The molecule has 2 aliphatic rings. The van der Waals surface area contributed by atoms with E-state index in [4.69, 9.17) is 9.72 Å². The second-order valence-electron chi connectivity index (χ2n) is 10.3. The SMILES string of the molecule is CN(CCc1cnn(C)c1)C(=O)c1cc(NC(=O)CC2CCCC2)cc2nc([C@H]3CCCO3)n(C)c12. The van der Waals surface area contributed by atoms with Gasteiger partial charge in [0.25, 0.3) is 5.91 Å². The third kappa shape index (κ3) is 5.16. The number of likely N-dealkylation sites (N-methyl/N-ethyl adjacent to an activating group) is 1. The first-order valence-corrected chi connectivity index (χ1v) is 13.0. The average molecular weight is 493 g/mol. The zero-order valence-electron chi connectivity index (χ0n) is 21.5. The fraction of sp³-hybridized carbons (Fsp3) is 0.556. The zero-order valence-corrected chi connectivity index (χ0v) is 21.5. The number of aryl methyl sites for hydroxylation is 2. The number of nitrogens with one attached hydrogen (secondary N) is 1. The number of hydrogen-bond donors (Lipinski definition) is 1. The predicted octanol–water partition coefficient (Wildman–Crippen LogP) is 3.99. The minimum absolute atomic E-state index is 0.000128. The van der Waals surface area contributed by atoms with Gasteiger partial charge >= 0.3 is 0 Å². The molecule has 1 saturated heterocycles. The fourth-order valence-corrected chi connectivity index (χ4v) is 5.57. The number of anilines is 1. The molecule has 1 aliphatic carbocycles. The molecule has 1 aromatic carbocycles. The lowest BCUT2D eigenvalue weighted by atomic mass is 10.0. The molecule has 1 N–H and O–H groups in total. The van der Waals surface area contributed by atoms with Crippen LogP contribution < -0.4 is 5.32 Å². The number of carbonyl (C=O) groups is 2. The molecule has 2 aromatic heterocycles. The number of ether oxygens (including phenoxy) is 1. The van der Waals surface area contributed by atoms with E-state index in [-0.39, 0.29) is 17.9 Å². The lowest BCUT2D eigenvalue weighted by Gasteiger charge is -2.19. The first-order valence-electron chi connectivity index (χ1n) is 13.0. The molecular weight excluding hydrogens is 456 g/mol. The number of nitrogens with zero attached hydrogens (tertiary/aromatic N) is 5. The average Bonchev–Trinajstić information content (AvgIpc) is 3.65. The Hall–Kier alpha value is -3.20. The summed E-state index contributed by atoms with van der Waals surface area (Å²) < 4.78 is 9.65. The molecule has 9 heteroatoms. The van der Waals surface area contributed by atoms with Crippen molar-refractivity contribution >= 4 is 28.5 Å². The number of fused-ring (bicyclic) bond motifs is 1. The van der Waals surface area contributed by atoms with Crippen LogP contribution in [0.3, 0.4) is 0 Å². The van der Waals surface area contributed by atoms with Gasteiger partial charge in [-0.05, 0) is 55.7 Å². The van der Waals surface area contributed by atoms with Gasteiger partial charge in [-0.2, -0.15) is 5.10 Å². The molecule has 2 fully saturated rings. The molecule has 3 heterocycles. The molecule has 5 rings (SSSR count). The van der Waals surface area contributed by atoms with Crippen LogP contribution in [0.1, 0.15) is 72.8 Å². The van der Waals surface area contributed by atoms with Crippen molar-refractivity contribution in [2.45, 2.75) is 57.5 Å². The van der Waals surface area contributed by atoms with E-state index < -0.39 is 0 Å². The van der Waals surface area contributed by atoms with Gasteiger partial charge in [-0.15, -0.1) is 0 Å². The van der Waals surface area contributed by atoms with Gasteiger partial charge in [-0.1, -0.05) is 12.8 Å². The molecule has 0 bridgehead atoms. The topological polar surface area (TPSA) is 94.3 Å². The van der Waals surface area contributed by atoms with Crippen LogP contribution in [0.15, 0.2) is 24.5 Å². The van der Waals surface area contributed by atoms with Crippen molar-refractivity contribution in [1.82, 2.24) is 24.2 Å². The summed E-state index contributed by atoms with van der Waals surface area (Å²) in [6, 6.07) is 3.69. The Bertz CT molecular complexity index is 1250. The lowest BCUT2D eigenvalue weighted by Crippen LogP contribution is -2.29. The number of aromatic nitrogens is 4. The van der Waals surface area contributed by atoms with E-state index in [0.29, 0.717) is 42.1 Å². The molecule has 192 valence electrons. The molecule has 1 saturated carbocycles. The highest BCUT2D eigenvalue weighted by molar-refractivity contribution is 6.07. The molecule has 2 amide bonds. The van der Waals surface area contributed by atoms with Gasteiger partial charge in [0.05, 0.1) is 22.8 Å². The van der Waals surface area contributed by atoms with E-state index in [9.17, 15) is 9.59 Å². The van der Waals surface area contributed by atoms with Gasteiger partial charge in [0.2, 0.25) is 5.91 Å². The summed E-state index contributed by atoms with van der Waals surface area (Å²) in [6.07, 6.45) is 11.5. The van der Waals surface area contributed by atoms with Crippen molar-refractivity contribution < 1.29 is 14.3 Å². The third-order valence-corrected chi connectivity index (χ3v) is 7.53. The second-order valence-corrected chi connectivity index (χ2v) is 10.3. The van der Waals surface area contributed by atoms with E-state index in [0.717, 1.165) is 49.2 Å². The Morgan fingerprint density at radius 3 is 2.67 bits per heavy atom. The monoisotopic (exact) mass is 492 g/mol. The van der Waals surface area contributed by atoms with E-state index >= 15 is 0 Å². The highest BCUT2D eigenvalue weighted by Crippen LogP contribution is 2.33. The van der Waals surface area contributed by atoms with E-state index in [1.54, 1.807) is 15.6 Å². The Morgan fingerprint density at radius 2 is 1.97 bits per heavy atom. The normalized spacial score (nSPS) is 18.2. The predicted molar refractivity (Wildman–Crippen MR) is 138 cm³/mol. The maximum atomic E-state index is 13.7. The number of amides is 2. The molecule has 1 aliphatic heterocycles. The zero-order chi connectivity index (χ0) is 25.2. The number of rotatable bonds is 8. The minimum Gasteiger partial charge on any atom is -0.370 e. The summed E-state index contributed by atoms with van der Waals surface area (Å²) in [4.78, 5) is 33.1.